The first-order chi connectivity index (χ1) is 9.39. The Bertz CT molecular complexity index is 418. The number of rotatable bonds is 8. The van der Waals surface area contributed by atoms with E-state index in [9.17, 15) is 0 Å². The van der Waals surface area contributed by atoms with E-state index in [1.165, 1.54) is 0 Å². The van der Waals surface area contributed by atoms with E-state index in [2.05, 4.69) is 48.3 Å². The highest BCUT2D eigenvalue weighted by Crippen LogP contribution is 2.26. The van der Waals surface area contributed by atoms with E-state index in [4.69, 9.17) is 4.74 Å². The Kier molecular flexibility index (Phi) is 6.20. The average Bonchev–Trinajstić information content (AvgIpc) is 2.42. The molecule has 1 aromatic rings. The average molecular weight is 280 g/mol. The van der Waals surface area contributed by atoms with Crippen LogP contribution in [-0.2, 0) is 11.3 Å². The predicted molar refractivity (Wildman–Crippen MR) is 84.0 cm³/mol. The molecule has 5 heteroatoms. The Morgan fingerprint density at radius 2 is 1.90 bits per heavy atom. The van der Waals surface area contributed by atoms with Gasteiger partial charge in [0.25, 0.3) is 0 Å². The molecule has 0 unspecified atom stereocenters. The van der Waals surface area contributed by atoms with Crippen molar-refractivity contribution < 1.29 is 4.74 Å². The molecule has 20 heavy (non-hydrogen) atoms. The zero-order chi connectivity index (χ0) is 15.2. The molecular weight excluding hydrogens is 252 g/mol. The normalized spacial score (nSPS) is 11.8. The van der Waals surface area contributed by atoms with Crippen LogP contribution in [-0.4, -0.2) is 30.2 Å². The summed E-state index contributed by atoms with van der Waals surface area (Å²) in [4.78, 5) is 8.88. The van der Waals surface area contributed by atoms with Crippen LogP contribution in [0.2, 0.25) is 0 Å². The Labute approximate surface area is 122 Å². The van der Waals surface area contributed by atoms with Gasteiger partial charge in [-0.25, -0.2) is 9.97 Å². The van der Waals surface area contributed by atoms with E-state index < -0.39 is 0 Å². The first-order valence-electron chi connectivity index (χ1n) is 7.26. The van der Waals surface area contributed by atoms with Gasteiger partial charge in [0.15, 0.2) is 5.82 Å². The van der Waals surface area contributed by atoms with Gasteiger partial charge in [-0.15, -0.1) is 0 Å². The van der Waals surface area contributed by atoms with Crippen molar-refractivity contribution in [1.82, 2.24) is 9.97 Å². The Morgan fingerprint density at radius 1 is 1.25 bits per heavy atom. The molecule has 0 saturated heterocycles. The Hall–Kier alpha value is -1.36. The number of anilines is 2. The SMILES string of the molecule is CCOCc1nc(NC)cc(NCC(C)(C)C(C)C)n1. The maximum atomic E-state index is 5.38. The molecule has 0 atom stereocenters. The van der Waals surface area contributed by atoms with Gasteiger partial charge in [0.05, 0.1) is 0 Å². The van der Waals surface area contributed by atoms with Gasteiger partial charge in [-0.1, -0.05) is 27.7 Å². The Balaban J connectivity index is 2.78. The zero-order valence-electron chi connectivity index (χ0n) is 13.6. The van der Waals surface area contributed by atoms with Gasteiger partial charge in [-0.05, 0) is 18.3 Å². The second-order valence-electron chi connectivity index (χ2n) is 5.94. The molecule has 0 spiro atoms. The zero-order valence-corrected chi connectivity index (χ0v) is 13.6. The lowest BCUT2D eigenvalue weighted by atomic mass is 9.81. The van der Waals surface area contributed by atoms with Crippen molar-refractivity contribution >= 4 is 11.6 Å². The molecule has 0 bridgehead atoms. The van der Waals surface area contributed by atoms with Gasteiger partial charge in [-0.2, -0.15) is 0 Å². The fourth-order valence-corrected chi connectivity index (χ4v) is 1.50. The van der Waals surface area contributed by atoms with Crippen molar-refractivity contribution in [3.8, 4) is 0 Å². The molecule has 1 aromatic heterocycles. The second-order valence-corrected chi connectivity index (χ2v) is 5.94. The van der Waals surface area contributed by atoms with Gasteiger partial charge in [0.2, 0.25) is 0 Å². The fourth-order valence-electron chi connectivity index (χ4n) is 1.50. The second kappa shape index (κ2) is 7.43. The quantitative estimate of drug-likeness (QED) is 0.766. The summed E-state index contributed by atoms with van der Waals surface area (Å²) in [6.45, 7) is 12.9. The number of aromatic nitrogens is 2. The number of hydrogen-bond acceptors (Lipinski definition) is 5. The molecule has 0 saturated carbocycles. The number of nitrogens with zero attached hydrogens (tertiary/aromatic N) is 2. The van der Waals surface area contributed by atoms with Crippen molar-refractivity contribution in [2.45, 2.75) is 41.2 Å². The van der Waals surface area contributed by atoms with Crippen LogP contribution in [0.1, 0.15) is 40.4 Å². The maximum Gasteiger partial charge on any atom is 0.158 e. The van der Waals surface area contributed by atoms with Gasteiger partial charge in [-0.3, -0.25) is 0 Å². The first kappa shape index (κ1) is 16.7. The summed E-state index contributed by atoms with van der Waals surface area (Å²) in [6, 6.07) is 1.92. The van der Waals surface area contributed by atoms with E-state index in [-0.39, 0.29) is 5.41 Å². The highest BCUT2D eigenvalue weighted by molar-refractivity contribution is 5.47. The van der Waals surface area contributed by atoms with Crippen LogP contribution in [0.4, 0.5) is 11.6 Å². The lowest BCUT2D eigenvalue weighted by molar-refractivity contribution is 0.128. The molecule has 0 aromatic carbocycles. The number of hydrogen-bond donors (Lipinski definition) is 2. The van der Waals surface area contributed by atoms with Crippen LogP contribution >= 0.6 is 0 Å². The van der Waals surface area contributed by atoms with Crippen molar-refractivity contribution in [2.24, 2.45) is 11.3 Å². The van der Waals surface area contributed by atoms with Gasteiger partial charge in [0, 0.05) is 26.3 Å². The molecule has 1 rings (SSSR count). The minimum Gasteiger partial charge on any atom is -0.374 e. The van der Waals surface area contributed by atoms with Gasteiger partial charge >= 0.3 is 0 Å². The highest BCUT2D eigenvalue weighted by Gasteiger charge is 2.22. The summed E-state index contributed by atoms with van der Waals surface area (Å²) in [5.41, 5.74) is 0.213. The molecule has 1 heterocycles. The van der Waals surface area contributed by atoms with Crippen LogP contribution in [0.3, 0.4) is 0 Å². The van der Waals surface area contributed by atoms with E-state index in [1.807, 2.05) is 20.0 Å². The number of nitrogens with one attached hydrogen (secondary N) is 2. The summed E-state index contributed by atoms with van der Waals surface area (Å²) in [5.74, 6) is 2.94. The maximum absolute atomic E-state index is 5.38. The van der Waals surface area contributed by atoms with Crippen molar-refractivity contribution in [1.29, 1.82) is 0 Å². The van der Waals surface area contributed by atoms with Crippen LogP contribution in [0.25, 0.3) is 0 Å². The largest absolute Gasteiger partial charge is 0.374 e. The van der Waals surface area contributed by atoms with Gasteiger partial charge in [0.1, 0.15) is 18.2 Å². The third-order valence-electron chi connectivity index (χ3n) is 3.75. The molecule has 0 aliphatic heterocycles. The third-order valence-corrected chi connectivity index (χ3v) is 3.75. The first-order valence-corrected chi connectivity index (χ1v) is 7.26. The van der Waals surface area contributed by atoms with E-state index in [0.717, 1.165) is 18.2 Å². The predicted octanol–water partition coefficient (Wildman–Crippen LogP) is 3.15. The minimum absolute atomic E-state index is 0.213. The smallest absolute Gasteiger partial charge is 0.158 e. The van der Waals surface area contributed by atoms with Gasteiger partial charge < -0.3 is 15.4 Å². The Morgan fingerprint density at radius 3 is 2.45 bits per heavy atom. The third kappa shape index (κ3) is 4.96. The molecule has 5 nitrogen and oxygen atoms in total. The van der Waals surface area contributed by atoms with Crippen LogP contribution in [0, 0.1) is 11.3 Å². The lowest BCUT2D eigenvalue weighted by Gasteiger charge is -2.29. The number of ether oxygens (including phenoxy) is 1. The molecule has 0 radical (unpaired) electrons. The molecule has 114 valence electrons. The summed E-state index contributed by atoms with van der Waals surface area (Å²) >= 11 is 0. The van der Waals surface area contributed by atoms with Crippen LogP contribution < -0.4 is 10.6 Å². The van der Waals surface area contributed by atoms with Crippen LogP contribution in [0.15, 0.2) is 6.07 Å². The monoisotopic (exact) mass is 280 g/mol. The summed E-state index contributed by atoms with van der Waals surface area (Å²) in [7, 11) is 1.86. The highest BCUT2D eigenvalue weighted by atomic mass is 16.5. The summed E-state index contributed by atoms with van der Waals surface area (Å²) in [5, 5.41) is 6.47. The fraction of sp³-hybridized carbons (Fsp3) is 0.733. The molecular formula is C15H28N4O. The lowest BCUT2D eigenvalue weighted by Crippen LogP contribution is -2.29. The molecule has 0 fully saturated rings. The van der Waals surface area contributed by atoms with Crippen LogP contribution in [0.5, 0.6) is 0 Å². The van der Waals surface area contributed by atoms with Crippen molar-refractivity contribution in [3.63, 3.8) is 0 Å². The molecule has 2 N–H and O–H groups in total. The topological polar surface area (TPSA) is 59.1 Å². The molecule has 0 amide bonds. The van der Waals surface area contributed by atoms with E-state index in [1.54, 1.807) is 0 Å². The van der Waals surface area contributed by atoms with Crippen molar-refractivity contribution in [2.75, 3.05) is 30.8 Å². The molecule has 0 aliphatic rings. The summed E-state index contributed by atoms with van der Waals surface area (Å²) < 4.78 is 5.38. The minimum atomic E-state index is 0.213. The van der Waals surface area contributed by atoms with E-state index >= 15 is 0 Å². The summed E-state index contributed by atoms with van der Waals surface area (Å²) in [6.07, 6.45) is 0. The van der Waals surface area contributed by atoms with E-state index in [0.29, 0.717) is 25.0 Å². The molecule has 0 aliphatic carbocycles. The standard InChI is InChI=1S/C15H28N4O/c1-7-20-9-14-18-12(16-6)8-13(19-14)17-10-15(4,5)11(2)3/h8,11H,7,9-10H2,1-6H3,(H2,16,17,18,19). The van der Waals surface area contributed by atoms with Crippen molar-refractivity contribution in [3.05, 3.63) is 11.9 Å².